The molecule has 2 saturated carbocycles. The molecular formula is C15H24N2O. The van der Waals surface area contributed by atoms with Gasteiger partial charge < -0.3 is 9.73 Å². The van der Waals surface area contributed by atoms with Gasteiger partial charge in [0.25, 0.3) is 0 Å². The third-order valence-corrected chi connectivity index (χ3v) is 3.88. The first-order valence-corrected chi connectivity index (χ1v) is 7.37. The van der Waals surface area contributed by atoms with E-state index >= 15 is 0 Å². The molecule has 0 saturated heterocycles. The van der Waals surface area contributed by atoms with Crippen LogP contribution in [0.3, 0.4) is 0 Å². The van der Waals surface area contributed by atoms with E-state index in [2.05, 4.69) is 29.3 Å². The van der Waals surface area contributed by atoms with Crippen LogP contribution in [0.15, 0.2) is 16.5 Å². The minimum Gasteiger partial charge on any atom is -0.463 e. The van der Waals surface area contributed by atoms with E-state index in [9.17, 15) is 0 Å². The minimum atomic E-state index is 0.841. The first-order chi connectivity index (χ1) is 8.85. The van der Waals surface area contributed by atoms with E-state index in [4.69, 9.17) is 4.42 Å². The Kier molecular flexibility index (Phi) is 3.71. The zero-order valence-electron chi connectivity index (χ0n) is 11.3. The molecule has 3 rings (SSSR count). The summed E-state index contributed by atoms with van der Waals surface area (Å²) in [5, 5.41) is 3.30. The Morgan fingerprint density at radius 2 is 2.00 bits per heavy atom. The summed E-state index contributed by atoms with van der Waals surface area (Å²) in [4.78, 5) is 2.63. The largest absolute Gasteiger partial charge is 0.463 e. The Balaban J connectivity index is 1.54. The second-order valence-electron chi connectivity index (χ2n) is 5.75. The van der Waals surface area contributed by atoms with Gasteiger partial charge in [-0.2, -0.15) is 0 Å². The zero-order valence-corrected chi connectivity index (χ0v) is 11.3. The van der Waals surface area contributed by atoms with Crippen LogP contribution in [-0.4, -0.2) is 24.0 Å². The van der Waals surface area contributed by atoms with Gasteiger partial charge in [0.15, 0.2) is 0 Å². The van der Waals surface area contributed by atoms with Gasteiger partial charge in [-0.1, -0.05) is 6.92 Å². The van der Waals surface area contributed by atoms with Gasteiger partial charge in [0.1, 0.15) is 11.5 Å². The summed E-state index contributed by atoms with van der Waals surface area (Å²) in [5.41, 5.74) is 0. The van der Waals surface area contributed by atoms with E-state index in [1.165, 1.54) is 32.2 Å². The standard InChI is InChI=1S/C15H24N2O/c1-2-16-9-14-7-8-15(18-14)11-17(13-5-6-13)10-12-3-4-12/h7-8,12-13,16H,2-6,9-11H2,1H3. The van der Waals surface area contributed by atoms with Crippen LogP contribution in [0, 0.1) is 5.92 Å². The Labute approximate surface area is 110 Å². The predicted octanol–water partition coefficient (Wildman–Crippen LogP) is 2.76. The Morgan fingerprint density at radius 3 is 2.67 bits per heavy atom. The highest BCUT2D eigenvalue weighted by Crippen LogP contribution is 2.35. The van der Waals surface area contributed by atoms with Crippen LogP contribution in [0.5, 0.6) is 0 Å². The number of furan rings is 1. The average molecular weight is 248 g/mol. The first-order valence-electron chi connectivity index (χ1n) is 7.37. The summed E-state index contributed by atoms with van der Waals surface area (Å²) < 4.78 is 5.89. The molecule has 2 aliphatic carbocycles. The number of hydrogen-bond donors (Lipinski definition) is 1. The van der Waals surface area contributed by atoms with Crippen molar-refractivity contribution in [1.82, 2.24) is 10.2 Å². The molecule has 2 fully saturated rings. The lowest BCUT2D eigenvalue weighted by Gasteiger charge is -2.20. The lowest BCUT2D eigenvalue weighted by atomic mass is 10.3. The normalized spacial score (nSPS) is 19.7. The molecule has 18 heavy (non-hydrogen) atoms. The smallest absolute Gasteiger partial charge is 0.118 e. The summed E-state index contributed by atoms with van der Waals surface area (Å²) >= 11 is 0. The number of rotatable bonds is 8. The van der Waals surface area contributed by atoms with Crippen molar-refractivity contribution in [3.8, 4) is 0 Å². The number of nitrogens with one attached hydrogen (secondary N) is 1. The second-order valence-corrected chi connectivity index (χ2v) is 5.75. The lowest BCUT2D eigenvalue weighted by molar-refractivity contribution is 0.222. The number of hydrogen-bond acceptors (Lipinski definition) is 3. The van der Waals surface area contributed by atoms with E-state index in [0.717, 1.165) is 43.1 Å². The molecule has 0 aromatic carbocycles. The monoisotopic (exact) mass is 248 g/mol. The summed E-state index contributed by atoms with van der Waals surface area (Å²) in [6, 6.07) is 5.10. The van der Waals surface area contributed by atoms with E-state index in [1.807, 2.05) is 0 Å². The van der Waals surface area contributed by atoms with Crippen molar-refractivity contribution in [3.63, 3.8) is 0 Å². The second kappa shape index (κ2) is 5.45. The zero-order chi connectivity index (χ0) is 12.4. The molecule has 0 aliphatic heterocycles. The van der Waals surface area contributed by atoms with Gasteiger partial charge in [-0.25, -0.2) is 0 Å². The number of nitrogens with zero attached hydrogens (tertiary/aromatic N) is 1. The quantitative estimate of drug-likeness (QED) is 0.767. The van der Waals surface area contributed by atoms with Crippen molar-refractivity contribution in [2.45, 2.75) is 51.7 Å². The van der Waals surface area contributed by atoms with E-state index in [0.29, 0.717) is 0 Å². The molecule has 2 aliphatic rings. The first kappa shape index (κ1) is 12.2. The van der Waals surface area contributed by atoms with Crippen LogP contribution < -0.4 is 5.32 Å². The molecule has 100 valence electrons. The highest BCUT2D eigenvalue weighted by molar-refractivity contribution is 5.08. The molecule has 1 heterocycles. The molecule has 1 aromatic rings. The maximum Gasteiger partial charge on any atom is 0.118 e. The van der Waals surface area contributed by atoms with Crippen molar-refractivity contribution in [2.75, 3.05) is 13.1 Å². The molecule has 1 aromatic heterocycles. The van der Waals surface area contributed by atoms with Crippen LogP contribution in [0.1, 0.15) is 44.1 Å². The molecule has 0 bridgehead atoms. The summed E-state index contributed by atoms with van der Waals surface area (Å²) in [6.07, 6.45) is 5.65. The lowest BCUT2D eigenvalue weighted by Crippen LogP contribution is -2.27. The molecule has 3 nitrogen and oxygen atoms in total. The van der Waals surface area contributed by atoms with E-state index in [-0.39, 0.29) is 0 Å². The van der Waals surface area contributed by atoms with Crippen molar-refractivity contribution in [1.29, 1.82) is 0 Å². The Bertz CT molecular complexity index is 380. The van der Waals surface area contributed by atoms with Crippen molar-refractivity contribution < 1.29 is 4.42 Å². The van der Waals surface area contributed by atoms with Crippen LogP contribution in [0.2, 0.25) is 0 Å². The molecule has 0 spiro atoms. The third kappa shape index (κ3) is 3.36. The van der Waals surface area contributed by atoms with Gasteiger partial charge in [-0.15, -0.1) is 0 Å². The molecule has 3 heteroatoms. The molecule has 0 radical (unpaired) electrons. The topological polar surface area (TPSA) is 28.4 Å². The summed E-state index contributed by atoms with van der Waals surface area (Å²) in [7, 11) is 0. The van der Waals surface area contributed by atoms with Crippen LogP contribution in [0.4, 0.5) is 0 Å². The SMILES string of the molecule is CCNCc1ccc(CN(CC2CC2)C2CC2)o1. The Hall–Kier alpha value is -0.800. The minimum absolute atomic E-state index is 0.841. The maximum atomic E-state index is 5.89. The van der Waals surface area contributed by atoms with Gasteiger partial charge in [0.2, 0.25) is 0 Å². The van der Waals surface area contributed by atoms with E-state index < -0.39 is 0 Å². The van der Waals surface area contributed by atoms with Gasteiger partial charge >= 0.3 is 0 Å². The summed E-state index contributed by atoms with van der Waals surface area (Å²) in [6.45, 7) is 6.25. The molecule has 0 atom stereocenters. The van der Waals surface area contributed by atoms with Crippen molar-refractivity contribution >= 4 is 0 Å². The van der Waals surface area contributed by atoms with Gasteiger partial charge in [0, 0.05) is 12.6 Å². The van der Waals surface area contributed by atoms with Crippen LogP contribution in [-0.2, 0) is 13.1 Å². The summed E-state index contributed by atoms with van der Waals surface area (Å²) in [5.74, 6) is 3.17. The molecule has 0 amide bonds. The highest BCUT2D eigenvalue weighted by atomic mass is 16.3. The third-order valence-electron chi connectivity index (χ3n) is 3.88. The molecular weight excluding hydrogens is 224 g/mol. The maximum absolute atomic E-state index is 5.89. The fourth-order valence-electron chi connectivity index (χ4n) is 2.47. The highest BCUT2D eigenvalue weighted by Gasteiger charge is 2.33. The van der Waals surface area contributed by atoms with Gasteiger partial charge in [-0.05, 0) is 50.3 Å². The van der Waals surface area contributed by atoms with E-state index in [1.54, 1.807) is 0 Å². The van der Waals surface area contributed by atoms with Crippen molar-refractivity contribution in [2.24, 2.45) is 5.92 Å². The average Bonchev–Trinajstić information content (AvgIpc) is 3.26. The van der Waals surface area contributed by atoms with Crippen LogP contribution >= 0.6 is 0 Å². The predicted molar refractivity (Wildman–Crippen MR) is 72.2 cm³/mol. The fraction of sp³-hybridized carbons (Fsp3) is 0.733. The molecule has 0 unspecified atom stereocenters. The Morgan fingerprint density at radius 1 is 1.22 bits per heavy atom. The van der Waals surface area contributed by atoms with Crippen LogP contribution in [0.25, 0.3) is 0 Å². The molecule has 1 N–H and O–H groups in total. The van der Waals surface area contributed by atoms with Gasteiger partial charge in [0.05, 0.1) is 13.1 Å². The fourth-order valence-corrected chi connectivity index (χ4v) is 2.47. The van der Waals surface area contributed by atoms with Gasteiger partial charge in [-0.3, -0.25) is 4.90 Å². The van der Waals surface area contributed by atoms with Crippen molar-refractivity contribution in [3.05, 3.63) is 23.7 Å².